The highest BCUT2D eigenvalue weighted by molar-refractivity contribution is 5.02. The van der Waals surface area contributed by atoms with Gasteiger partial charge in [-0.2, -0.15) is 0 Å². The van der Waals surface area contributed by atoms with Crippen LogP contribution in [0, 0.1) is 0 Å². The Morgan fingerprint density at radius 3 is 2.85 bits per heavy atom. The number of hydrogen-bond donors (Lipinski definition) is 1. The van der Waals surface area contributed by atoms with Crippen LogP contribution >= 0.6 is 0 Å². The van der Waals surface area contributed by atoms with Gasteiger partial charge >= 0.3 is 0 Å². The number of fused-ring (bicyclic) bond motifs is 1. The molecule has 0 amide bonds. The molecule has 0 aliphatic carbocycles. The van der Waals surface area contributed by atoms with Gasteiger partial charge in [0.15, 0.2) is 0 Å². The molecule has 1 fully saturated rings. The summed E-state index contributed by atoms with van der Waals surface area (Å²) in [6.45, 7) is 3.69. The molecule has 0 unspecified atom stereocenters. The van der Waals surface area contributed by atoms with E-state index in [2.05, 4.69) is 16.3 Å². The van der Waals surface area contributed by atoms with Crippen molar-refractivity contribution in [3.05, 3.63) is 11.9 Å². The van der Waals surface area contributed by atoms with Crippen LogP contribution in [-0.2, 0) is 0 Å². The van der Waals surface area contributed by atoms with Crippen molar-refractivity contribution >= 4 is 0 Å². The highest BCUT2D eigenvalue weighted by Gasteiger charge is 2.13. The third-order valence-electron chi connectivity index (χ3n) is 2.97. The molecule has 2 nitrogen and oxygen atoms in total. The molecule has 0 saturated carbocycles. The van der Waals surface area contributed by atoms with Gasteiger partial charge in [0.05, 0.1) is 5.82 Å². The molecule has 74 valence electrons. The number of nitrogens with one attached hydrogen (secondary N) is 1. The molecular formula is C11H20N2. The fraction of sp³-hybridized carbons (Fsp3) is 0.818. The van der Waals surface area contributed by atoms with Crippen LogP contribution in [-0.4, -0.2) is 24.5 Å². The Kier molecular flexibility index (Phi) is 3.11. The molecule has 2 aliphatic rings. The fourth-order valence-corrected chi connectivity index (χ4v) is 2.18. The van der Waals surface area contributed by atoms with Crippen molar-refractivity contribution < 1.29 is 0 Å². The fourth-order valence-electron chi connectivity index (χ4n) is 2.18. The van der Waals surface area contributed by atoms with Gasteiger partial charge < -0.3 is 10.2 Å². The summed E-state index contributed by atoms with van der Waals surface area (Å²) in [4.78, 5) is 2.52. The monoisotopic (exact) mass is 180 g/mol. The highest BCUT2D eigenvalue weighted by Crippen LogP contribution is 2.15. The Morgan fingerprint density at radius 1 is 1.00 bits per heavy atom. The first kappa shape index (κ1) is 8.92. The summed E-state index contributed by atoms with van der Waals surface area (Å²) >= 11 is 0. The lowest BCUT2D eigenvalue weighted by molar-refractivity contribution is 0.299. The summed E-state index contributed by atoms with van der Waals surface area (Å²) in [6.07, 6.45) is 10.5. The summed E-state index contributed by atoms with van der Waals surface area (Å²) in [7, 11) is 0. The molecule has 1 N–H and O–H groups in total. The van der Waals surface area contributed by atoms with Crippen LogP contribution in [0.2, 0.25) is 0 Å². The number of hydrogen-bond acceptors (Lipinski definition) is 2. The normalized spacial score (nSPS) is 24.6. The molecule has 0 aromatic carbocycles. The predicted molar refractivity (Wildman–Crippen MR) is 55.4 cm³/mol. The van der Waals surface area contributed by atoms with Crippen molar-refractivity contribution in [1.82, 2.24) is 10.2 Å². The van der Waals surface area contributed by atoms with Gasteiger partial charge in [-0.1, -0.05) is 12.8 Å². The summed E-state index contributed by atoms with van der Waals surface area (Å²) in [5.41, 5.74) is 0. The van der Waals surface area contributed by atoms with Gasteiger partial charge in [0.1, 0.15) is 0 Å². The molecule has 13 heavy (non-hydrogen) atoms. The van der Waals surface area contributed by atoms with Crippen LogP contribution in [0.4, 0.5) is 0 Å². The highest BCUT2D eigenvalue weighted by atomic mass is 15.2. The van der Waals surface area contributed by atoms with Crippen LogP contribution in [0.3, 0.4) is 0 Å². The van der Waals surface area contributed by atoms with E-state index in [-0.39, 0.29) is 0 Å². The molecule has 0 bridgehead atoms. The maximum Gasteiger partial charge on any atom is 0.0971 e. The molecule has 0 spiro atoms. The second kappa shape index (κ2) is 4.54. The number of rotatable bonds is 0. The third-order valence-corrected chi connectivity index (χ3v) is 2.97. The smallest absolute Gasteiger partial charge is 0.0971 e. The molecule has 0 aromatic heterocycles. The lowest BCUT2D eigenvalue weighted by Crippen LogP contribution is -2.35. The van der Waals surface area contributed by atoms with E-state index >= 15 is 0 Å². The zero-order chi connectivity index (χ0) is 8.93. The van der Waals surface area contributed by atoms with Gasteiger partial charge in [-0.05, 0) is 31.8 Å². The molecule has 1 saturated heterocycles. The Hall–Kier alpha value is -0.660. The molecule has 2 rings (SSSR count). The van der Waals surface area contributed by atoms with Gasteiger partial charge in [-0.15, -0.1) is 0 Å². The van der Waals surface area contributed by atoms with Crippen molar-refractivity contribution in [2.24, 2.45) is 0 Å². The van der Waals surface area contributed by atoms with Crippen molar-refractivity contribution in [1.29, 1.82) is 0 Å². The lowest BCUT2D eigenvalue weighted by atomic mass is 10.2. The topological polar surface area (TPSA) is 15.3 Å². The average molecular weight is 180 g/mol. The Balaban J connectivity index is 1.98. The first-order valence-corrected chi connectivity index (χ1v) is 5.66. The number of nitrogens with zero attached hydrogens (tertiary/aromatic N) is 1. The van der Waals surface area contributed by atoms with Gasteiger partial charge in [0.2, 0.25) is 0 Å². The van der Waals surface area contributed by atoms with Crippen LogP contribution in [0.5, 0.6) is 0 Å². The van der Waals surface area contributed by atoms with E-state index in [9.17, 15) is 0 Å². The van der Waals surface area contributed by atoms with Crippen LogP contribution < -0.4 is 5.32 Å². The number of allylic oxidation sites excluding steroid dienone is 1. The van der Waals surface area contributed by atoms with E-state index < -0.39 is 0 Å². The predicted octanol–water partition coefficient (Wildman–Crippen LogP) is 2.09. The molecule has 0 aromatic rings. The zero-order valence-corrected chi connectivity index (χ0v) is 8.39. The second-order valence-corrected chi connectivity index (χ2v) is 4.06. The SMILES string of the molecule is C1=C2NCCCCCCN2CCC1. The van der Waals surface area contributed by atoms with Gasteiger partial charge in [-0.3, -0.25) is 0 Å². The summed E-state index contributed by atoms with van der Waals surface area (Å²) in [5, 5.41) is 3.55. The van der Waals surface area contributed by atoms with E-state index in [1.54, 1.807) is 0 Å². The molecule has 2 heterocycles. The molecule has 0 radical (unpaired) electrons. The maximum atomic E-state index is 3.55. The van der Waals surface area contributed by atoms with E-state index in [0.29, 0.717) is 0 Å². The van der Waals surface area contributed by atoms with Crippen molar-refractivity contribution in [3.8, 4) is 0 Å². The minimum atomic E-state index is 1.17. The average Bonchev–Trinajstić information content (AvgIpc) is 2.28. The Morgan fingerprint density at radius 2 is 1.85 bits per heavy atom. The summed E-state index contributed by atoms with van der Waals surface area (Å²) in [5.74, 6) is 1.41. The quantitative estimate of drug-likeness (QED) is 0.614. The van der Waals surface area contributed by atoms with Crippen LogP contribution in [0.25, 0.3) is 0 Å². The van der Waals surface area contributed by atoms with Crippen LogP contribution in [0.15, 0.2) is 11.9 Å². The standard InChI is InChI=1S/C11H20N2/c1-2-5-9-13-10-6-3-7-11(13)12-8-4-1/h7,12H,1-6,8-10H2. The van der Waals surface area contributed by atoms with E-state index in [0.717, 1.165) is 0 Å². The Bertz CT molecular complexity index is 187. The minimum absolute atomic E-state index is 1.17. The van der Waals surface area contributed by atoms with E-state index in [1.165, 1.54) is 64.0 Å². The largest absolute Gasteiger partial charge is 0.372 e. The molecule has 2 aliphatic heterocycles. The molecular weight excluding hydrogens is 160 g/mol. The van der Waals surface area contributed by atoms with E-state index in [1.807, 2.05) is 0 Å². The van der Waals surface area contributed by atoms with Gasteiger partial charge in [0, 0.05) is 19.6 Å². The van der Waals surface area contributed by atoms with Crippen LogP contribution in [0.1, 0.15) is 38.5 Å². The van der Waals surface area contributed by atoms with Gasteiger partial charge in [-0.25, -0.2) is 0 Å². The first-order valence-electron chi connectivity index (χ1n) is 5.66. The minimum Gasteiger partial charge on any atom is -0.372 e. The molecule has 0 atom stereocenters. The second-order valence-electron chi connectivity index (χ2n) is 4.06. The van der Waals surface area contributed by atoms with Crippen molar-refractivity contribution in [2.75, 3.05) is 19.6 Å². The first-order chi connectivity index (χ1) is 6.47. The van der Waals surface area contributed by atoms with Crippen molar-refractivity contribution in [2.45, 2.75) is 38.5 Å². The third kappa shape index (κ3) is 2.39. The van der Waals surface area contributed by atoms with E-state index in [4.69, 9.17) is 0 Å². The zero-order valence-electron chi connectivity index (χ0n) is 8.39. The molecule has 2 heteroatoms. The summed E-state index contributed by atoms with van der Waals surface area (Å²) in [6, 6.07) is 0. The van der Waals surface area contributed by atoms with Crippen molar-refractivity contribution in [3.63, 3.8) is 0 Å². The lowest BCUT2D eigenvalue weighted by Gasteiger charge is -2.30. The summed E-state index contributed by atoms with van der Waals surface area (Å²) < 4.78 is 0. The maximum absolute atomic E-state index is 3.55. The van der Waals surface area contributed by atoms with Gasteiger partial charge in [0.25, 0.3) is 0 Å². The Labute approximate surface area is 81.0 Å².